The predicted octanol–water partition coefficient (Wildman–Crippen LogP) is 1.10. The second-order valence-electron chi connectivity index (χ2n) is 2.53. The summed E-state index contributed by atoms with van der Waals surface area (Å²) in [5, 5.41) is 17.9. The van der Waals surface area contributed by atoms with Gasteiger partial charge in [-0.25, -0.2) is 0 Å². The van der Waals surface area contributed by atoms with Crippen LogP contribution in [0, 0.1) is 0 Å². The second-order valence-corrected chi connectivity index (χ2v) is 2.85. The van der Waals surface area contributed by atoms with Crippen molar-refractivity contribution in [3.8, 4) is 0 Å². The minimum atomic E-state index is -0.0351. The molecule has 2 nitrogen and oxygen atoms in total. The van der Waals surface area contributed by atoms with Gasteiger partial charge in [-0.3, -0.25) is 0 Å². The first-order valence-corrected chi connectivity index (χ1v) is 4.39. The van der Waals surface area contributed by atoms with E-state index in [9.17, 15) is 0 Å². The Balaban J connectivity index is 3.13. The van der Waals surface area contributed by atoms with Gasteiger partial charge in [0, 0.05) is 5.75 Å². The molecule has 0 aliphatic carbocycles. The Morgan fingerprint density at radius 1 is 1.08 bits per heavy atom. The van der Waals surface area contributed by atoms with Gasteiger partial charge in [-0.2, -0.15) is 12.6 Å². The standard InChI is InChI=1S/C9H12O2S/c10-4-7-2-1-3-8(6-12)9(7)5-11/h1-3,10-12H,4-6H2. The fourth-order valence-corrected chi connectivity index (χ4v) is 1.48. The molecule has 0 spiro atoms. The summed E-state index contributed by atoms with van der Waals surface area (Å²) in [5.74, 6) is 0.587. The van der Waals surface area contributed by atoms with Crippen molar-refractivity contribution in [1.82, 2.24) is 0 Å². The average molecular weight is 184 g/mol. The van der Waals surface area contributed by atoms with Crippen LogP contribution in [-0.4, -0.2) is 10.2 Å². The highest BCUT2D eigenvalue weighted by Crippen LogP contribution is 2.16. The molecule has 0 aliphatic heterocycles. The Hall–Kier alpha value is -0.510. The third-order valence-electron chi connectivity index (χ3n) is 1.87. The van der Waals surface area contributed by atoms with E-state index in [1.165, 1.54) is 0 Å². The van der Waals surface area contributed by atoms with Crippen molar-refractivity contribution in [2.75, 3.05) is 0 Å². The van der Waals surface area contributed by atoms with Crippen LogP contribution in [0.4, 0.5) is 0 Å². The van der Waals surface area contributed by atoms with Crippen LogP contribution in [0.5, 0.6) is 0 Å². The molecule has 0 fully saturated rings. The first-order valence-electron chi connectivity index (χ1n) is 3.75. The molecule has 0 heterocycles. The van der Waals surface area contributed by atoms with Crippen LogP contribution < -0.4 is 0 Å². The molecule has 0 bridgehead atoms. The van der Waals surface area contributed by atoms with Crippen molar-refractivity contribution >= 4 is 12.6 Å². The molecule has 0 aromatic heterocycles. The van der Waals surface area contributed by atoms with Crippen LogP contribution in [0.3, 0.4) is 0 Å². The lowest BCUT2D eigenvalue weighted by molar-refractivity contribution is 0.259. The molecule has 0 amide bonds. The van der Waals surface area contributed by atoms with Gasteiger partial charge in [0.2, 0.25) is 0 Å². The Bertz CT molecular complexity index is 238. The first-order chi connectivity index (χ1) is 5.83. The van der Waals surface area contributed by atoms with E-state index in [4.69, 9.17) is 10.2 Å². The fourth-order valence-electron chi connectivity index (χ4n) is 1.19. The van der Waals surface area contributed by atoms with Gasteiger partial charge in [0.25, 0.3) is 0 Å². The molecule has 3 heteroatoms. The van der Waals surface area contributed by atoms with Gasteiger partial charge in [0.05, 0.1) is 13.2 Å². The smallest absolute Gasteiger partial charge is 0.0688 e. The lowest BCUT2D eigenvalue weighted by atomic mass is 10.0. The number of thiol groups is 1. The van der Waals surface area contributed by atoms with Crippen molar-refractivity contribution in [2.24, 2.45) is 0 Å². The summed E-state index contributed by atoms with van der Waals surface area (Å²) in [5.41, 5.74) is 2.56. The molecule has 2 N–H and O–H groups in total. The van der Waals surface area contributed by atoms with Gasteiger partial charge in [-0.1, -0.05) is 18.2 Å². The fraction of sp³-hybridized carbons (Fsp3) is 0.333. The molecule has 0 radical (unpaired) electrons. The molecule has 0 atom stereocenters. The molecule has 66 valence electrons. The van der Waals surface area contributed by atoms with Crippen molar-refractivity contribution in [1.29, 1.82) is 0 Å². The monoisotopic (exact) mass is 184 g/mol. The van der Waals surface area contributed by atoms with E-state index in [0.29, 0.717) is 5.75 Å². The van der Waals surface area contributed by atoms with Crippen molar-refractivity contribution < 1.29 is 10.2 Å². The number of aliphatic hydroxyl groups is 2. The zero-order valence-corrected chi connectivity index (χ0v) is 7.59. The Morgan fingerprint density at radius 2 is 1.75 bits per heavy atom. The van der Waals surface area contributed by atoms with Gasteiger partial charge < -0.3 is 10.2 Å². The topological polar surface area (TPSA) is 40.5 Å². The number of hydrogen-bond donors (Lipinski definition) is 3. The van der Waals surface area contributed by atoms with Crippen molar-refractivity contribution in [2.45, 2.75) is 19.0 Å². The summed E-state index contributed by atoms with van der Waals surface area (Å²) in [6.07, 6.45) is 0. The minimum Gasteiger partial charge on any atom is -0.392 e. The quantitative estimate of drug-likeness (QED) is 0.616. The highest BCUT2D eigenvalue weighted by Gasteiger charge is 2.04. The van der Waals surface area contributed by atoms with Crippen LogP contribution in [0.2, 0.25) is 0 Å². The highest BCUT2D eigenvalue weighted by molar-refractivity contribution is 7.79. The average Bonchev–Trinajstić information content (AvgIpc) is 2.16. The maximum Gasteiger partial charge on any atom is 0.0688 e. The van der Waals surface area contributed by atoms with E-state index in [1.807, 2.05) is 12.1 Å². The summed E-state index contributed by atoms with van der Waals surface area (Å²) < 4.78 is 0. The third kappa shape index (κ3) is 1.80. The van der Waals surface area contributed by atoms with Gasteiger partial charge in [-0.15, -0.1) is 0 Å². The van der Waals surface area contributed by atoms with E-state index in [2.05, 4.69) is 12.6 Å². The first kappa shape index (κ1) is 9.58. The van der Waals surface area contributed by atoms with Crippen LogP contribution >= 0.6 is 12.6 Å². The van der Waals surface area contributed by atoms with Gasteiger partial charge >= 0.3 is 0 Å². The molecule has 0 saturated heterocycles. The zero-order valence-electron chi connectivity index (χ0n) is 6.70. The molecule has 1 rings (SSSR count). The lowest BCUT2D eigenvalue weighted by Gasteiger charge is -2.08. The molecule has 0 saturated carbocycles. The summed E-state index contributed by atoms with van der Waals surface area (Å²) in [7, 11) is 0. The van der Waals surface area contributed by atoms with Gasteiger partial charge in [0.15, 0.2) is 0 Å². The Kier molecular flexibility index (Phi) is 3.59. The SMILES string of the molecule is OCc1cccc(CS)c1CO. The van der Waals surface area contributed by atoms with Crippen LogP contribution in [0.1, 0.15) is 16.7 Å². The summed E-state index contributed by atoms with van der Waals surface area (Å²) in [6.45, 7) is -0.0653. The maximum absolute atomic E-state index is 9.02. The minimum absolute atomic E-state index is 0.0302. The van der Waals surface area contributed by atoms with Crippen LogP contribution in [0.25, 0.3) is 0 Å². The highest BCUT2D eigenvalue weighted by atomic mass is 32.1. The predicted molar refractivity (Wildman–Crippen MR) is 51.0 cm³/mol. The number of hydrogen-bond acceptors (Lipinski definition) is 3. The number of aliphatic hydroxyl groups excluding tert-OH is 2. The Morgan fingerprint density at radius 3 is 2.25 bits per heavy atom. The number of benzene rings is 1. The molecule has 1 aromatic carbocycles. The van der Waals surface area contributed by atoms with E-state index in [0.717, 1.165) is 16.7 Å². The second kappa shape index (κ2) is 4.50. The third-order valence-corrected chi connectivity index (χ3v) is 2.21. The molecule has 0 unspecified atom stereocenters. The summed E-state index contributed by atoms with van der Waals surface area (Å²) >= 11 is 4.13. The summed E-state index contributed by atoms with van der Waals surface area (Å²) in [4.78, 5) is 0. The maximum atomic E-state index is 9.02. The van der Waals surface area contributed by atoms with E-state index in [-0.39, 0.29) is 13.2 Å². The van der Waals surface area contributed by atoms with Crippen LogP contribution in [0.15, 0.2) is 18.2 Å². The number of rotatable bonds is 3. The molecule has 0 aliphatic rings. The lowest BCUT2D eigenvalue weighted by Crippen LogP contribution is -1.98. The van der Waals surface area contributed by atoms with Crippen molar-refractivity contribution in [3.05, 3.63) is 34.9 Å². The molecule has 1 aromatic rings. The van der Waals surface area contributed by atoms with Crippen LogP contribution in [-0.2, 0) is 19.0 Å². The molecule has 12 heavy (non-hydrogen) atoms. The molecular weight excluding hydrogens is 172 g/mol. The normalized spacial score (nSPS) is 10.2. The van der Waals surface area contributed by atoms with E-state index >= 15 is 0 Å². The van der Waals surface area contributed by atoms with Gasteiger partial charge in [0.1, 0.15) is 0 Å². The van der Waals surface area contributed by atoms with E-state index in [1.54, 1.807) is 6.07 Å². The Labute approximate surface area is 77.3 Å². The summed E-state index contributed by atoms with van der Waals surface area (Å²) in [6, 6.07) is 5.56. The van der Waals surface area contributed by atoms with Gasteiger partial charge in [-0.05, 0) is 16.7 Å². The molecular formula is C9H12O2S. The van der Waals surface area contributed by atoms with Crippen molar-refractivity contribution in [3.63, 3.8) is 0 Å². The largest absolute Gasteiger partial charge is 0.392 e. The zero-order chi connectivity index (χ0) is 8.97. The van der Waals surface area contributed by atoms with E-state index < -0.39 is 0 Å².